The number of Topliss-reactive ketones (excluding diaryl/α,β-unsaturated/α-hetero) is 1. The molecule has 3 rings (SSSR count). The van der Waals surface area contributed by atoms with Crippen LogP contribution in [0.25, 0.3) is 0 Å². The van der Waals surface area contributed by atoms with Gasteiger partial charge in [0.15, 0.2) is 5.78 Å². The van der Waals surface area contributed by atoms with E-state index in [1.807, 2.05) is 12.1 Å². The first-order valence-corrected chi connectivity index (χ1v) is 7.34. The molecular formula is C17H20O2. The summed E-state index contributed by atoms with van der Waals surface area (Å²) < 4.78 is 5.75. The Morgan fingerprint density at radius 1 is 1.05 bits per heavy atom. The second kappa shape index (κ2) is 5.60. The molecule has 1 aromatic rings. The van der Waals surface area contributed by atoms with Gasteiger partial charge in [0, 0.05) is 0 Å². The predicted molar refractivity (Wildman–Crippen MR) is 75.8 cm³/mol. The normalized spacial score (nSPS) is 18.8. The molecule has 2 aliphatic rings. The first kappa shape index (κ1) is 12.5. The molecule has 100 valence electrons. The van der Waals surface area contributed by atoms with Gasteiger partial charge in [-0.2, -0.15) is 0 Å². The minimum Gasteiger partial charge on any atom is -0.493 e. The highest BCUT2D eigenvalue weighted by atomic mass is 16.5. The Hall–Kier alpha value is -1.57. The lowest BCUT2D eigenvalue weighted by molar-refractivity contribution is 0.102. The van der Waals surface area contributed by atoms with Crippen molar-refractivity contribution in [2.45, 2.75) is 44.9 Å². The molecule has 0 radical (unpaired) electrons. The van der Waals surface area contributed by atoms with Crippen LogP contribution in [-0.2, 0) is 6.42 Å². The molecule has 1 aromatic carbocycles. The molecule has 0 amide bonds. The monoisotopic (exact) mass is 256 g/mol. The third kappa shape index (κ3) is 2.58. The number of carbonyl (C=O) groups is 1. The van der Waals surface area contributed by atoms with Crippen molar-refractivity contribution in [1.82, 2.24) is 0 Å². The molecule has 0 bridgehead atoms. The van der Waals surface area contributed by atoms with Gasteiger partial charge >= 0.3 is 0 Å². The highest BCUT2D eigenvalue weighted by molar-refractivity contribution is 6.10. The molecule has 0 saturated carbocycles. The van der Waals surface area contributed by atoms with Crippen LogP contribution in [0.15, 0.2) is 29.8 Å². The number of ether oxygens (including phenoxy) is 1. The van der Waals surface area contributed by atoms with E-state index < -0.39 is 0 Å². The van der Waals surface area contributed by atoms with Crippen LogP contribution in [0.4, 0.5) is 0 Å². The van der Waals surface area contributed by atoms with E-state index >= 15 is 0 Å². The van der Waals surface area contributed by atoms with Gasteiger partial charge in [-0.15, -0.1) is 0 Å². The molecule has 0 unspecified atom stereocenters. The Labute approximate surface area is 114 Å². The molecule has 1 heterocycles. The van der Waals surface area contributed by atoms with Crippen molar-refractivity contribution in [1.29, 1.82) is 0 Å². The zero-order valence-corrected chi connectivity index (χ0v) is 11.3. The molecule has 1 aliphatic carbocycles. The fourth-order valence-corrected chi connectivity index (χ4v) is 2.96. The second-order valence-electron chi connectivity index (χ2n) is 5.40. The fraction of sp³-hybridized carbons (Fsp3) is 0.471. The lowest BCUT2D eigenvalue weighted by Gasteiger charge is -2.20. The summed E-state index contributed by atoms with van der Waals surface area (Å²) in [5, 5.41) is 0. The summed E-state index contributed by atoms with van der Waals surface area (Å²) in [6.45, 7) is 0.732. The summed E-state index contributed by atoms with van der Waals surface area (Å²) >= 11 is 0. The summed E-state index contributed by atoms with van der Waals surface area (Å²) in [4.78, 5) is 12.7. The van der Waals surface area contributed by atoms with E-state index in [4.69, 9.17) is 4.74 Å². The summed E-state index contributed by atoms with van der Waals surface area (Å²) in [5.41, 5.74) is 2.94. The van der Waals surface area contributed by atoms with Crippen molar-refractivity contribution in [2.75, 3.05) is 6.61 Å². The highest BCUT2D eigenvalue weighted by Crippen LogP contribution is 2.32. The third-order valence-corrected chi connectivity index (χ3v) is 4.01. The molecule has 2 heteroatoms. The van der Waals surface area contributed by atoms with Crippen molar-refractivity contribution in [3.8, 4) is 5.75 Å². The predicted octanol–water partition coefficient (Wildman–Crippen LogP) is 4.08. The topological polar surface area (TPSA) is 26.3 Å². The zero-order valence-electron chi connectivity index (χ0n) is 11.3. The van der Waals surface area contributed by atoms with Crippen molar-refractivity contribution in [2.24, 2.45) is 0 Å². The van der Waals surface area contributed by atoms with Crippen molar-refractivity contribution >= 4 is 5.78 Å². The Balaban J connectivity index is 1.93. The van der Waals surface area contributed by atoms with Crippen LogP contribution in [-0.4, -0.2) is 12.4 Å². The number of aryl methyl sites for hydroxylation is 1. The summed E-state index contributed by atoms with van der Waals surface area (Å²) in [6, 6.07) is 5.98. The summed E-state index contributed by atoms with van der Waals surface area (Å²) in [7, 11) is 0. The summed E-state index contributed by atoms with van der Waals surface area (Å²) in [5.74, 6) is 1.02. The maximum absolute atomic E-state index is 12.7. The van der Waals surface area contributed by atoms with Gasteiger partial charge in [-0.3, -0.25) is 4.79 Å². The maximum atomic E-state index is 12.7. The van der Waals surface area contributed by atoms with Crippen molar-refractivity contribution in [3.05, 3.63) is 41.0 Å². The second-order valence-corrected chi connectivity index (χ2v) is 5.40. The van der Waals surface area contributed by atoms with Gasteiger partial charge in [-0.1, -0.05) is 24.6 Å². The number of carbonyl (C=O) groups excluding carboxylic acids is 1. The molecule has 0 saturated heterocycles. The molecule has 0 spiro atoms. The Morgan fingerprint density at radius 2 is 2.00 bits per heavy atom. The number of hydrogen-bond donors (Lipinski definition) is 0. The molecule has 2 nitrogen and oxygen atoms in total. The van der Waals surface area contributed by atoms with E-state index in [1.54, 1.807) is 0 Å². The van der Waals surface area contributed by atoms with Crippen LogP contribution in [0.3, 0.4) is 0 Å². The first-order valence-electron chi connectivity index (χ1n) is 7.34. The number of para-hydroxylation sites is 1. The zero-order chi connectivity index (χ0) is 13.1. The van der Waals surface area contributed by atoms with Crippen LogP contribution >= 0.6 is 0 Å². The quantitative estimate of drug-likeness (QED) is 0.745. The van der Waals surface area contributed by atoms with Crippen LogP contribution in [0.1, 0.15) is 54.4 Å². The molecule has 1 aliphatic heterocycles. The molecule has 0 atom stereocenters. The molecule has 0 N–H and O–H groups in total. The van der Waals surface area contributed by atoms with E-state index in [1.165, 1.54) is 18.4 Å². The number of rotatable bonds is 2. The van der Waals surface area contributed by atoms with Gasteiger partial charge < -0.3 is 4.74 Å². The largest absolute Gasteiger partial charge is 0.493 e. The number of hydrogen-bond acceptors (Lipinski definition) is 2. The molecule has 19 heavy (non-hydrogen) atoms. The van der Waals surface area contributed by atoms with Crippen molar-refractivity contribution in [3.63, 3.8) is 0 Å². The lowest BCUT2D eigenvalue weighted by Crippen LogP contribution is -2.14. The number of benzene rings is 1. The molecular weight excluding hydrogens is 236 g/mol. The van der Waals surface area contributed by atoms with Gasteiger partial charge in [0.05, 0.1) is 12.2 Å². The standard InChI is InChI=1S/C17H20O2/c18-16(13-7-3-1-2-4-8-13)15-11-5-9-14-10-6-12-19-17(14)15/h5,7,9,11H,1-4,6,8,10,12H2. The Kier molecular flexibility index (Phi) is 3.67. The van der Waals surface area contributed by atoms with Gasteiger partial charge in [0.25, 0.3) is 0 Å². The number of fused-ring (bicyclic) bond motifs is 1. The smallest absolute Gasteiger partial charge is 0.192 e. The molecule has 0 fully saturated rings. The van der Waals surface area contributed by atoms with E-state index in [9.17, 15) is 4.79 Å². The maximum Gasteiger partial charge on any atom is 0.192 e. The van der Waals surface area contributed by atoms with E-state index in [0.29, 0.717) is 0 Å². The van der Waals surface area contributed by atoms with Gasteiger partial charge in [0.2, 0.25) is 0 Å². The average molecular weight is 256 g/mol. The SMILES string of the molecule is O=C(C1=CCCCCC1)c1cccc2c1OCCC2. The Morgan fingerprint density at radius 3 is 2.95 bits per heavy atom. The third-order valence-electron chi connectivity index (χ3n) is 4.01. The average Bonchev–Trinajstić information content (AvgIpc) is 2.75. The van der Waals surface area contributed by atoms with Crippen LogP contribution in [0, 0.1) is 0 Å². The van der Waals surface area contributed by atoms with E-state index in [2.05, 4.69) is 12.1 Å². The fourth-order valence-electron chi connectivity index (χ4n) is 2.96. The van der Waals surface area contributed by atoms with E-state index in [-0.39, 0.29) is 5.78 Å². The summed E-state index contributed by atoms with van der Waals surface area (Å²) in [6.07, 6.45) is 9.74. The van der Waals surface area contributed by atoms with Gasteiger partial charge in [-0.25, -0.2) is 0 Å². The minimum atomic E-state index is 0.181. The number of ketones is 1. The first-order chi connectivity index (χ1) is 9.36. The van der Waals surface area contributed by atoms with Crippen LogP contribution < -0.4 is 4.74 Å². The van der Waals surface area contributed by atoms with E-state index in [0.717, 1.165) is 55.6 Å². The van der Waals surface area contributed by atoms with Gasteiger partial charge in [-0.05, 0) is 55.7 Å². The molecule has 0 aromatic heterocycles. The van der Waals surface area contributed by atoms with Gasteiger partial charge in [0.1, 0.15) is 5.75 Å². The van der Waals surface area contributed by atoms with Crippen LogP contribution in [0.2, 0.25) is 0 Å². The number of allylic oxidation sites excluding steroid dienone is 2. The Bertz CT molecular complexity index is 514. The lowest BCUT2D eigenvalue weighted by atomic mass is 9.95. The minimum absolute atomic E-state index is 0.181. The van der Waals surface area contributed by atoms with Crippen LogP contribution in [0.5, 0.6) is 5.75 Å². The highest BCUT2D eigenvalue weighted by Gasteiger charge is 2.21. The van der Waals surface area contributed by atoms with Crippen molar-refractivity contribution < 1.29 is 9.53 Å².